The van der Waals surface area contributed by atoms with Crippen molar-refractivity contribution in [3.63, 3.8) is 0 Å². The second-order valence-corrected chi connectivity index (χ2v) is 5.64. The molecule has 3 rings (SSSR count). The van der Waals surface area contributed by atoms with Crippen molar-refractivity contribution in [1.29, 1.82) is 0 Å². The molecule has 1 aliphatic rings. The molecule has 2 heteroatoms. The smallest absolute Gasteiger partial charge is 0.0406 e. The molecule has 1 heterocycles. The zero-order valence-corrected chi connectivity index (χ0v) is 11.7. The molecule has 2 aromatic carbocycles. The molecule has 1 saturated heterocycles. The highest BCUT2D eigenvalue weighted by Gasteiger charge is 2.35. The molecular formula is C17H18ClN. The van der Waals surface area contributed by atoms with E-state index in [2.05, 4.69) is 47.8 Å². The van der Waals surface area contributed by atoms with Crippen molar-refractivity contribution in [2.45, 2.75) is 18.3 Å². The van der Waals surface area contributed by atoms with E-state index >= 15 is 0 Å². The van der Waals surface area contributed by atoms with Gasteiger partial charge < -0.3 is 5.32 Å². The summed E-state index contributed by atoms with van der Waals surface area (Å²) in [5, 5.41) is 4.27. The predicted octanol–water partition coefficient (Wildman–Crippen LogP) is 4.01. The number of benzene rings is 2. The summed E-state index contributed by atoms with van der Waals surface area (Å²) < 4.78 is 0. The van der Waals surface area contributed by atoms with Crippen molar-refractivity contribution in [3.8, 4) is 0 Å². The van der Waals surface area contributed by atoms with E-state index in [0.29, 0.717) is 0 Å². The molecule has 0 amide bonds. The minimum atomic E-state index is 0.136. The lowest BCUT2D eigenvalue weighted by Gasteiger charge is -2.39. The van der Waals surface area contributed by atoms with Crippen LogP contribution in [0.15, 0.2) is 54.6 Å². The Kier molecular flexibility index (Phi) is 3.58. The lowest BCUT2D eigenvalue weighted by molar-refractivity contribution is 0.362. The number of nitrogens with one attached hydrogen (secondary N) is 1. The quantitative estimate of drug-likeness (QED) is 0.870. The maximum Gasteiger partial charge on any atom is 0.0406 e. The highest BCUT2D eigenvalue weighted by Crippen LogP contribution is 2.40. The van der Waals surface area contributed by atoms with Gasteiger partial charge in [-0.25, -0.2) is 0 Å². The Hall–Kier alpha value is -1.31. The van der Waals surface area contributed by atoms with Gasteiger partial charge in [0, 0.05) is 10.4 Å². The number of hydrogen-bond donors (Lipinski definition) is 1. The summed E-state index contributed by atoms with van der Waals surface area (Å²) in [7, 11) is 0. The van der Waals surface area contributed by atoms with E-state index in [1.807, 2.05) is 12.1 Å². The van der Waals surface area contributed by atoms with Crippen LogP contribution in [-0.4, -0.2) is 13.1 Å². The van der Waals surface area contributed by atoms with Crippen LogP contribution in [0, 0.1) is 0 Å². The highest BCUT2D eigenvalue weighted by molar-refractivity contribution is 6.30. The third-order valence-corrected chi connectivity index (χ3v) is 4.43. The van der Waals surface area contributed by atoms with E-state index in [1.165, 1.54) is 11.1 Å². The summed E-state index contributed by atoms with van der Waals surface area (Å²) in [6, 6.07) is 19.2. The first-order chi connectivity index (χ1) is 9.31. The Morgan fingerprint density at radius 1 is 0.789 bits per heavy atom. The monoisotopic (exact) mass is 271 g/mol. The lowest BCUT2D eigenvalue weighted by atomic mass is 9.68. The largest absolute Gasteiger partial charge is 0.317 e. The zero-order valence-electron chi connectivity index (χ0n) is 10.9. The fraction of sp³-hybridized carbons (Fsp3) is 0.294. The molecule has 1 nitrogen and oxygen atoms in total. The Morgan fingerprint density at radius 3 is 2.00 bits per heavy atom. The van der Waals surface area contributed by atoms with E-state index in [1.54, 1.807) is 0 Å². The highest BCUT2D eigenvalue weighted by atomic mass is 35.5. The molecule has 0 saturated carbocycles. The molecule has 1 N–H and O–H groups in total. The van der Waals surface area contributed by atoms with Gasteiger partial charge in [-0.15, -0.1) is 0 Å². The average molecular weight is 272 g/mol. The average Bonchev–Trinajstić information content (AvgIpc) is 2.49. The summed E-state index contributed by atoms with van der Waals surface area (Å²) in [6.45, 7) is 2.13. The zero-order chi connectivity index (χ0) is 13.1. The number of hydrogen-bond acceptors (Lipinski definition) is 1. The topological polar surface area (TPSA) is 12.0 Å². The van der Waals surface area contributed by atoms with Gasteiger partial charge in [0.1, 0.15) is 0 Å². The molecule has 0 radical (unpaired) electrons. The SMILES string of the molecule is Clc1ccc(C2(c3ccccc3)CCNCC2)cc1. The molecule has 0 spiro atoms. The van der Waals surface area contributed by atoms with Gasteiger partial charge in [0.2, 0.25) is 0 Å². The third kappa shape index (κ3) is 2.41. The summed E-state index contributed by atoms with van der Waals surface area (Å²) in [5.74, 6) is 0. The van der Waals surface area contributed by atoms with Crippen LogP contribution in [0.1, 0.15) is 24.0 Å². The second kappa shape index (κ2) is 5.36. The number of rotatable bonds is 2. The van der Waals surface area contributed by atoms with Crippen molar-refractivity contribution < 1.29 is 0 Å². The molecular weight excluding hydrogens is 254 g/mol. The van der Waals surface area contributed by atoms with Crippen molar-refractivity contribution >= 4 is 11.6 Å². The minimum Gasteiger partial charge on any atom is -0.317 e. The first-order valence-corrected chi connectivity index (χ1v) is 7.21. The van der Waals surface area contributed by atoms with Gasteiger partial charge in [0.15, 0.2) is 0 Å². The maximum absolute atomic E-state index is 6.03. The molecule has 0 aromatic heterocycles. The summed E-state index contributed by atoms with van der Waals surface area (Å²) in [5.41, 5.74) is 2.93. The van der Waals surface area contributed by atoms with Crippen LogP contribution in [0.4, 0.5) is 0 Å². The van der Waals surface area contributed by atoms with Crippen molar-refractivity contribution in [2.75, 3.05) is 13.1 Å². The first-order valence-electron chi connectivity index (χ1n) is 6.84. The maximum atomic E-state index is 6.03. The second-order valence-electron chi connectivity index (χ2n) is 5.21. The van der Waals surface area contributed by atoms with Crippen molar-refractivity contribution in [3.05, 3.63) is 70.7 Å². The van der Waals surface area contributed by atoms with Gasteiger partial charge >= 0.3 is 0 Å². The van der Waals surface area contributed by atoms with Gasteiger partial charge in [0.05, 0.1) is 0 Å². The summed E-state index contributed by atoms with van der Waals surface area (Å²) in [4.78, 5) is 0. The molecule has 1 aliphatic heterocycles. The van der Waals surface area contributed by atoms with Crippen LogP contribution in [0.5, 0.6) is 0 Å². The standard InChI is InChI=1S/C17H18ClN/c18-16-8-6-15(7-9-16)17(10-12-19-13-11-17)14-4-2-1-3-5-14/h1-9,19H,10-13H2. The van der Waals surface area contributed by atoms with Gasteiger partial charge in [-0.1, -0.05) is 54.1 Å². The summed E-state index contributed by atoms with van der Waals surface area (Å²) >= 11 is 6.03. The fourth-order valence-electron chi connectivity index (χ4n) is 3.12. The molecule has 0 atom stereocenters. The number of halogens is 1. The lowest BCUT2D eigenvalue weighted by Crippen LogP contribution is -2.40. The van der Waals surface area contributed by atoms with Gasteiger partial charge in [-0.05, 0) is 49.2 Å². The van der Waals surface area contributed by atoms with Crippen LogP contribution in [0.25, 0.3) is 0 Å². The Balaban J connectivity index is 2.09. The van der Waals surface area contributed by atoms with E-state index in [9.17, 15) is 0 Å². The van der Waals surface area contributed by atoms with Crippen LogP contribution >= 0.6 is 11.6 Å². The number of piperidine rings is 1. The Bertz CT molecular complexity index is 527. The molecule has 0 aliphatic carbocycles. The molecule has 2 aromatic rings. The predicted molar refractivity (Wildman–Crippen MR) is 80.8 cm³/mol. The minimum absolute atomic E-state index is 0.136. The molecule has 19 heavy (non-hydrogen) atoms. The molecule has 98 valence electrons. The summed E-state index contributed by atoms with van der Waals surface area (Å²) in [6.07, 6.45) is 2.28. The molecule has 1 fully saturated rings. The fourth-order valence-corrected chi connectivity index (χ4v) is 3.25. The normalized spacial score (nSPS) is 18.2. The van der Waals surface area contributed by atoms with Crippen LogP contribution in [-0.2, 0) is 5.41 Å². The molecule has 0 bridgehead atoms. The third-order valence-electron chi connectivity index (χ3n) is 4.18. The van der Waals surface area contributed by atoms with Crippen LogP contribution in [0.3, 0.4) is 0 Å². The van der Waals surface area contributed by atoms with E-state index in [-0.39, 0.29) is 5.41 Å². The van der Waals surface area contributed by atoms with Crippen LogP contribution in [0.2, 0.25) is 5.02 Å². The van der Waals surface area contributed by atoms with E-state index in [0.717, 1.165) is 31.0 Å². The van der Waals surface area contributed by atoms with Crippen LogP contribution < -0.4 is 5.32 Å². The van der Waals surface area contributed by atoms with E-state index in [4.69, 9.17) is 11.6 Å². The Labute approximate surface area is 119 Å². The van der Waals surface area contributed by atoms with Gasteiger partial charge in [-0.2, -0.15) is 0 Å². The van der Waals surface area contributed by atoms with Crippen molar-refractivity contribution in [1.82, 2.24) is 5.32 Å². The Morgan fingerprint density at radius 2 is 1.37 bits per heavy atom. The van der Waals surface area contributed by atoms with Gasteiger partial charge in [0.25, 0.3) is 0 Å². The van der Waals surface area contributed by atoms with Crippen molar-refractivity contribution in [2.24, 2.45) is 0 Å². The van der Waals surface area contributed by atoms with Gasteiger partial charge in [-0.3, -0.25) is 0 Å². The molecule has 0 unspecified atom stereocenters. The first kappa shape index (κ1) is 12.7. The van der Waals surface area contributed by atoms with E-state index < -0.39 is 0 Å².